The van der Waals surface area contributed by atoms with Crippen LogP contribution in [-0.4, -0.2) is 4.57 Å². The van der Waals surface area contributed by atoms with Gasteiger partial charge in [-0.1, -0.05) is 152 Å². The molecular weight excluding hydrogens is 663 g/mol. The van der Waals surface area contributed by atoms with E-state index in [2.05, 4.69) is 200 Å². The van der Waals surface area contributed by atoms with E-state index >= 15 is 0 Å². The number of nitrogens with zero attached hydrogens (tertiary/aromatic N) is 1. The van der Waals surface area contributed by atoms with E-state index in [0.29, 0.717) is 11.8 Å². The van der Waals surface area contributed by atoms with Crippen molar-refractivity contribution in [2.24, 2.45) is 11.8 Å². The molecular formula is C54H49N. The van der Waals surface area contributed by atoms with Gasteiger partial charge in [-0.3, -0.25) is 0 Å². The summed E-state index contributed by atoms with van der Waals surface area (Å²) in [4.78, 5) is 0. The first-order chi connectivity index (χ1) is 26.3. The van der Waals surface area contributed by atoms with Crippen LogP contribution < -0.4 is 0 Å². The van der Waals surface area contributed by atoms with Gasteiger partial charge in [0, 0.05) is 27.3 Å². The molecule has 8 aromatic rings. The van der Waals surface area contributed by atoms with Crippen LogP contribution in [0.1, 0.15) is 88.8 Å². The molecule has 1 aromatic heterocycles. The van der Waals surface area contributed by atoms with Crippen molar-refractivity contribution in [3.63, 3.8) is 0 Å². The highest BCUT2D eigenvalue weighted by molar-refractivity contribution is 6.26. The predicted molar refractivity (Wildman–Crippen MR) is 236 cm³/mol. The minimum atomic E-state index is -0.108. The molecule has 0 spiro atoms. The molecule has 3 aliphatic rings. The van der Waals surface area contributed by atoms with Crippen LogP contribution in [0.15, 0.2) is 140 Å². The van der Waals surface area contributed by atoms with Gasteiger partial charge in [0.15, 0.2) is 0 Å². The number of allylic oxidation sites excluding steroid dienone is 4. The Hall–Kier alpha value is -5.40. The molecule has 2 unspecified atom stereocenters. The lowest BCUT2D eigenvalue weighted by Gasteiger charge is -2.53. The molecule has 7 aromatic carbocycles. The smallest absolute Gasteiger partial charge is 0.0540 e. The van der Waals surface area contributed by atoms with E-state index < -0.39 is 0 Å². The van der Waals surface area contributed by atoms with E-state index in [0.717, 1.165) is 0 Å². The van der Waals surface area contributed by atoms with E-state index in [9.17, 15) is 0 Å². The summed E-state index contributed by atoms with van der Waals surface area (Å²) in [6.45, 7) is 19.7. The summed E-state index contributed by atoms with van der Waals surface area (Å²) < 4.78 is 2.50. The van der Waals surface area contributed by atoms with Gasteiger partial charge in [-0.15, -0.1) is 0 Å². The number of hydrogen-bond acceptors (Lipinski definition) is 0. The highest BCUT2D eigenvalue weighted by Crippen LogP contribution is 2.58. The van der Waals surface area contributed by atoms with Crippen molar-refractivity contribution in [1.29, 1.82) is 0 Å². The van der Waals surface area contributed by atoms with Crippen LogP contribution in [0.3, 0.4) is 0 Å². The fourth-order valence-electron chi connectivity index (χ4n) is 11.7. The molecule has 2 atom stereocenters. The zero-order chi connectivity index (χ0) is 37.8. The summed E-state index contributed by atoms with van der Waals surface area (Å²) in [7, 11) is 0. The number of benzene rings is 7. The van der Waals surface area contributed by atoms with E-state index in [1.165, 1.54) is 93.2 Å². The Morgan fingerprint density at radius 3 is 1.25 bits per heavy atom. The first-order valence-electron chi connectivity index (χ1n) is 20.3. The number of fused-ring (bicyclic) bond motifs is 13. The Morgan fingerprint density at radius 1 is 0.382 bits per heavy atom. The molecule has 1 nitrogen and oxygen atoms in total. The lowest BCUT2D eigenvalue weighted by Crippen LogP contribution is -2.48. The summed E-state index contributed by atoms with van der Waals surface area (Å²) in [5.41, 5.74) is 12.2. The molecule has 0 bridgehead atoms. The molecule has 3 aliphatic carbocycles. The lowest BCUT2D eigenvalue weighted by atomic mass is 9.51. The third kappa shape index (κ3) is 4.14. The van der Waals surface area contributed by atoms with E-state index in [4.69, 9.17) is 0 Å². The molecule has 0 saturated heterocycles. The maximum atomic E-state index is 2.62. The molecule has 0 radical (unpaired) electrons. The Labute approximate surface area is 325 Å². The second-order valence-corrected chi connectivity index (χ2v) is 19.0. The predicted octanol–water partition coefficient (Wildman–Crippen LogP) is 14.1. The standard InChI is InChI=1S/C54H49N/c1-51(2)41-21-13-14-22-42(41)52(3,4)46-30-39-37(28-45(46)51)33-17-9-10-18-34(33)38-29-48-47(31-40(38)39)53(5,6)43-26-25-32(27-44(43)54(48,7)8)55-49-23-15-11-19-35(49)36-20-12-16-24-50(36)55/h9-31,43-44H,1-8H3. The molecule has 0 amide bonds. The zero-order valence-corrected chi connectivity index (χ0v) is 33.4. The van der Waals surface area contributed by atoms with Crippen molar-refractivity contribution < 1.29 is 0 Å². The van der Waals surface area contributed by atoms with Crippen LogP contribution >= 0.6 is 0 Å². The summed E-state index contributed by atoms with van der Waals surface area (Å²) in [5.74, 6) is 0.689. The highest BCUT2D eigenvalue weighted by Gasteiger charge is 2.50. The molecule has 0 N–H and O–H groups in total. The number of para-hydroxylation sites is 2. The summed E-state index contributed by atoms with van der Waals surface area (Å²) in [6.07, 6.45) is 7.58. The van der Waals surface area contributed by atoms with E-state index in [1.54, 1.807) is 0 Å². The van der Waals surface area contributed by atoms with Crippen molar-refractivity contribution in [1.82, 2.24) is 4.57 Å². The molecule has 11 rings (SSSR count). The third-order valence-corrected chi connectivity index (χ3v) is 14.8. The van der Waals surface area contributed by atoms with E-state index in [1.807, 2.05) is 0 Å². The Kier molecular flexibility index (Phi) is 6.40. The molecule has 0 fully saturated rings. The number of hydrogen-bond donors (Lipinski definition) is 0. The zero-order valence-electron chi connectivity index (χ0n) is 33.4. The lowest BCUT2D eigenvalue weighted by molar-refractivity contribution is 0.191. The minimum Gasteiger partial charge on any atom is -0.310 e. The molecule has 55 heavy (non-hydrogen) atoms. The van der Waals surface area contributed by atoms with Crippen LogP contribution in [0.5, 0.6) is 0 Å². The van der Waals surface area contributed by atoms with Gasteiger partial charge in [0.25, 0.3) is 0 Å². The normalized spacial score (nSPS) is 21.3. The average molecular weight is 712 g/mol. The molecule has 0 saturated carbocycles. The van der Waals surface area contributed by atoms with Gasteiger partial charge in [0.05, 0.1) is 11.0 Å². The van der Waals surface area contributed by atoms with Crippen molar-refractivity contribution in [3.05, 3.63) is 173 Å². The first kappa shape index (κ1) is 33.0. The highest BCUT2D eigenvalue weighted by atomic mass is 15.0. The Balaban J connectivity index is 1.17. The maximum Gasteiger partial charge on any atom is 0.0540 e. The fraction of sp³-hybridized carbons (Fsp3) is 0.259. The van der Waals surface area contributed by atoms with Gasteiger partial charge in [-0.2, -0.15) is 0 Å². The van der Waals surface area contributed by atoms with Crippen LogP contribution in [0.4, 0.5) is 0 Å². The molecule has 1 heteroatoms. The van der Waals surface area contributed by atoms with Crippen LogP contribution in [0.2, 0.25) is 0 Å². The number of aromatic nitrogens is 1. The second-order valence-electron chi connectivity index (χ2n) is 19.0. The van der Waals surface area contributed by atoms with Crippen LogP contribution in [-0.2, 0) is 21.7 Å². The first-order valence-corrected chi connectivity index (χ1v) is 20.3. The van der Waals surface area contributed by atoms with Gasteiger partial charge in [-0.05, 0) is 131 Å². The second kappa shape index (κ2) is 10.7. The van der Waals surface area contributed by atoms with Crippen molar-refractivity contribution >= 4 is 59.8 Å². The summed E-state index contributed by atoms with van der Waals surface area (Å²) in [5, 5.41) is 10.8. The molecule has 1 heterocycles. The van der Waals surface area contributed by atoms with Crippen LogP contribution in [0.25, 0.3) is 59.8 Å². The van der Waals surface area contributed by atoms with Crippen LogP contribution in [0, 0.1) is 11.8 Å². The van der Waals surface area contributed by atoms with Gasteiger partial charge in [-0.25, -0.2) is 0 Å². The van der Waals surface area contributed by atoms with Gasteiger partial charge in [0.2, 0.25) is 0 Å². The average Bonchev–Trinajstić information content (AvgIpc) is 3.53. The van der Waals surface area contributed by atoms with Gasteiger partial charge < -0.3 is 4.57 Å². The third-order valence-electron chi connectivity index (χ3n) is 14.8. The van der Waals surface area contributed by atoms with Gasteiger partial charge >= 0.3 is 0 Å². The SMILES string of the molecule is CC1(C)c2ccccc2C(C)(C)c2cc3c(cc21)c1ccccc1c1cc2c(cc31)C(C)(C)C1C=CC(n3c4ccccc4c4ccccc43)=CC1C2(C)C. The summed E-state index contributed by atoms with van der Waals surface area (Å²) >= 11 is 0. The Bertz CT molecular complexity index is 2990. The maximum absolute atomic E-state index is 2.62. The van der Waals surface area contributed by atoms with Crippen molar-refractivity contribution in [2.45, 2.75) is 77.0 Å². The summed E-state index contributed by atoms with van der Waals surface area (Å²) in [6, 6.07) is 46.5. The topological polar surface area (TPSA) is 4.93 Å². The molecule has 270 valence electrons. The largest absolute Gasteiger partial charge is 0.310 e. The molecule has 0 aliphatic heterocycles. The van der Waals surface area contributed by atoms with Crippen molar-refractivity contribution in [3.8, 4) is 0 Å². The monoisotopic (exact) mass is 711 g/mol. The Morgan fingerprint density at radius 2 is 0.764 bits per heavy atom. The van der Waals surface area contributed by atoms with Gasteiger partial charge in [0.1, 0.15) is 0 Å². The fourth-order valence-corrected chi connectivity index (χ4v) is 11.7. The quantitative estimate of drug-likeness (QED) is 0.149. The minimum absolute atomic E-state index is 0.0740. The van der Waals surface area contributed by atoms with Crippen molar-refractivity contribution in [2.75, 3.05) is 0 Å². The van der Waals surface area contributed by atoms with E-state index in [-0.39, 0.29) is 21.7 Å². The number of rotatable bonds is 1.